The van der Waals surface area contributed by atoms with E-state index < -0.39 is 0 Å². The van der Waals surface area contributed by atoms with Gasteiger partial charge in [-0.25, -0.2) is 0 Å². The Morgan fingerprint density at radius 2 is 2.25 bits per heavy atom. The molecule has 0 aliphatic carbocycles. The molecule has 0 saturated carbocycles. The monoisotopic (exact) mass is 196 g/mol. The van der Waals surface area contributed by atoms with Gasteiger partial charge in [-0.05, 0) is 23.4 Å². The first-order valence-corrected chi connectivity index (χ1v) is 5.66. The highest BCUT2D eigenvalue weighted by Crippen LogP contribution is 2.29. The van der Waals surface area contributed by atoms with Gasteiger partial charge in [-0.3, -0.25) is 0 Å². The van der Waals surface area contributed by atoms with Gasteiger partial charge in [0.15, 0.2) is 0 Å². The quantitative estimate of drug-likeness (QED) is 0.510. The summed E-state index contributed by atoms with van der Waals surface area (Å²) in [6, 6.07) is 2.16. The standard InChI is InChI=1S/C10H12S2/c1-3-5-9-6-8-12-10(9)11-7-4-2/h3-4,6,8H,1-2,5,7H2. The van der Waals surface area contributed by atoms with Gasteiger partial charge >= 0.3 is 0 Å². The van der Waals surface area contributed by atoms with Crippen LogP contribution in [0, 0.1) is 0 Å². The molecule has 0 radical (unpaired) electrons. The number of thioether (sulfide) groups is 1. The highest BCUT2D eigenvalue weighted by Gasteiger charge is 2.01. The Hall–Kier alpha value is -0.470. The molecule has 0 fully saturated rings. The molecule has 0 bridgehead atoms. The first kappa shape index (κ1) is 9.62. The first-order valence-electron chi connectivity index (χ1n) is 3.79. The van der Waals surface area contributed by atoms with Crippen LogP contribution in [0.3, 0.4) is 0 Å². The van der Waals surface area contributed by atoms with Crippen LogP contribution in [0.15, 0.2) is 41.0 Å². The van der Waals surface area contributed by atoms with E-state index in [1.165, 1.54) is 9.77 Å². The second-order valence-corrected chi connectivity index (χ2v) is 4.53. The molecule has 12 heavy (non-hydrogen) atoms. The van der Waals surface area contributed by atoms with Crippen molar-refractivity contribution in [1.82, 2.24) is 0 Å². The van der Waals surface area contributed by atoms with Crippen LogP contribution in [0.5, 0.6) is 0 Å². The average molecular weight is 196 g/mol. The van der Waals surface area contributed by atoms with Gasteiger partial charge in [-0.15, -0.1) is 36.3 Å². The van der Waals surface area contributed by atoms with Crippen LogP contribution >= 0.6 is 23.1 Å². The predicted octanol–water partition coefficient (Wildman–Crippen LogP) is 3.75. The van der Waals surface area contributed by atoms with Crippen molar-refractivity contribution in [2.75, 3.05) is 5.75 Å². The van der Waals surface area contributed by atoms with Crippen LogP contribution in [-0.2, 0) is 6.42 Å². The maximum Gasteiger partial charge on any atom is 0.0636 e. The Morgan fingerprint density at radius 1 is 1.42 bits per heavy atom. The normalized spacial score (nSPS) is 9.67. The van der Waals surface area contributed by atoms with Gasteiger partial charge in [-0.2, -0.15) is 0 Å². The van der Waals surface area contributed by atoms with Gasteiger partial charge in [0.1, 0.15) is 0 Å². The zero-order chi connectivity index (χ0) is 8.81. The van der Waals surface area contributed by atoms with E-state index in [4.69, 9.17) is 0 Å². The number of rotatable bonds is 5. The lowest BCUT2D eigenvalue weighted by Gasteiger charge is -1.97. The molecule has 1 aromatic heterocycles. The Labute approximate surface area is 82.0 Å². The highest BCUT2D eigenvalue weighted by molar-refractivity contribution is 8.01. The van der Waals surface area contributed by atoms with Gasteiger partial charge in [0.2, 0.25) is 0 Å². The summed E-state index contributed by atoms with van der Waals surface area (Å²) in [6.07, 6.45) is 4.85. The van der Waals surface area contributed by atoms with Crippen LogP contribution in [0.25, 0.3) is 0 Å². The maximum atomic E-state index is 3.73. The lowest BCUT2D eigenvalue weighted by atomic mass is 10.2. The van der Waals surface area contributed by atoms with E-state index in [1.807, 2.05) is 23.9 Å². The van der Waals surface area contributed by atoms with Crippen LogP contribution in [0.4, 0.5) is 0 Å². The topological polar surface area (TPSA) is 0 Å². The fourth-order valence-corrected chi connectivity index (χ4v) is 2.80. The number of thiophene rings is 1. The summed E-state index contributed by atoms with van der Waals surface area (Å²) in [6.45, 7) is 7.43. The third-order valence-electron chi connectivity index (χ3n) is 1.40. The van der Waals surface area contributed by atoms with E-state index in [9.17, 15) is 0 Å². The van der Waals surface area contributed by atoms with E-state index in [-0.39, 0.29) is 0 Å². The minimum atomic E-state index is 0.975. The van der Waals surface area contributed by atoms with Crippen LogP contribution in [0.1, 0.15) is 5.56 Å². The van der Waals surface area contributed by atoms with Crippen molar-refractivity contribution in [2.24, 2.45) is 0 Å². The lowest BCUT2D eigenvalue weighted by molar-refractivity contribution is 1.24. The highest BCUT2D eigenvalue weighted by atomic mass is 32.2. The minimum Gasteiger partial charge on any atom is -0.137 e. The smallest absolute Gasteiger partial charge is 0.0636 e. The number of allylic oxidation sites excluding steroid dienone is 1. The Bertz CT molecular complexity index is 261. The summed E-state index contributed by atoms with van der Waals surface area (Å²) >= 11 is 3.64. The summed E-state index contributed by atoms with van der Waals surface area (Å²) in [5.41, 5.74) is 1.39. The van der Waals surface area contributed by atoms with Gasteiger partial charge in [0, 0.05) is 5.75 Å². The van der Waals surface area contributed by atoms with Crippen molar-refractivity contribution in [2.45, 2.75) is 10.6 Å². The van der Waals surface area contributed by atoms with Crippen molar-refractivity contribution < 1.29 is 0 Å². The molecule has 1 heterocycles. The molecule has 0 amide bonds. The molecule has 2 heteroatoms. The SMILES string of the molecule is C=CCSc1sccc1CC=C. The Balaban J connectivity index is 2.62. The zero-order valence-electron chi connectivity index (χ0n) is 6.95. The summed E-state index contributed by atoms with van der Waals surface area (Å²) in [5, 5.41) is 2.13. The summed E-state index contributed by atoms with van der Waals surface area (Å²) < 4.78 is 1.40. The third kappa shape index (κ3) is 2.54. The first-order chi connectivity index (χ1) is 5.88. The molecule has 1 aromatic rings. The molecule has 1 rings (SSSR count). The van der Waals surface area contributed by atoms with Crippen LogP contribution < -0.4 is 0 Å². The van der Waals surface area contributed by atoms with E-state index in [0.717, 1.165) is 12.2 Å². The molecule has 0 spiro atoms. The number of hydrogen-bond acceptors (Lipinski definition) is 2. The summed E-state index contributed by atoms with van der Waals surface area (Å²) in [4.78, 5) is 0. The fraction of sp³-hybridized carbons (Fsp3) is 0.200. The van der Waals surface area contributed by atoms with Crippen molar-refractivity contribution in [3.8, 4) is 0 Å². The molecule has 0 saturated heterocycles. The molecule has 0 aliphatic heterocycles. The molecule has 64 valence electrons. The second-order valence-electron chi connectivity index (χ2n) is 2.33. The predicted molar refractivity (Wildman–Crippen MR) is 59.1 cm³/mol. The molecule has 0 nitrogen and oxygen atoms in total. The van der Waals surface area contributed by atoms with Gasteiger partial charge < -0.3 is 0 Å². The number of hydrogen-bond donors (Lipinski definition) is 0. The van der Waals surface area contributed by atoms with E-state index in [1.54, 1.807) is 11.3 Å². The Morgan fingerprint density at radius 3 is 2.92 bits per heavy atom. The zero-order valence-corrected chi connectivity index (χ0v) is 8.59. The van der Waals surface area contributed by atoms with Crippen molar-refractivity contribution in [3.05, 3.63) is 42.3 Å². The fourth-order valence-electron chi connectivity index (χ4n) is 0.890. The van der Waals surface area contributed by atoms with Crippen molar-refractivity contribution >= 4 is 23.1 Å². The third-order valence-corrected chi connectivity index (χ3v) is 3.72. The van der Waals surface area contributed by atoms with Gasteiger partial charge in [-0.1, -0.05) is 12.2 Å². The molecular formula is C10H12S2. The molecule has 0 atom stereocenters. The lowest BCUT2D eigenvalue weighted by Crippen LogP contribution is -1.78. The molecular weight excluding hydrogens is 184 g/mol. The maximum absolute atomic E-state index is 3.73. The summed E-state index contributed by atoms with van der Waals surface area (Å²) in [5.74, 6) is 0.991. The Kier molecular flexibility index (Phi) is 4.19. The second kappa shape index (κ2) is 5.22. The van der Waals surface area contributed by atoms with Crippen molar-refractivity contribution in [1.29, 1.82) is 0 Å². The summed E-state index contributed by atoms with van der Waals surface area (Å²) in [7, 11) is 0. The van der Waals surface area contributed by atoms with Gasteiger partial charge in [0.05, 0.1) is 4.21 Å². The van der Waals surface area contributed by atoms with E-state index >= 15 is 0 Å². The molecule has 0 aromatic carbocycles. The van der Waals surface area contributed by atoms with E-state index in [0.29, 0.717) is 0 Å². The van der Waals surface area contributed by atoms with E-state index in [2.05, 4.69) is 24.6 Å². The van der Waals surface area contributed by atoms with Crippen molar-refractivity contribution in [3.63, 3.8) is 0 Å². The van der Waals surface area contributed by atoms with Crippen LogP contribution in [0.2, 0.25) is 0 Å². The minimum absolute atomic E-state index is 0.975. The molecule has 0 N–H and O–H groups in total. The van der Waals surface area contributed by atoms with Crippen LogP contribution in [-0.4, -0.2) is 5.75 Å². The molecule has 0 unspecified atom stereocenters. The van der Waals surface area contributed by atoms with Gasteiger partial charge in [0.25, 0.3) is 0 Å². The average Bonchev–Trinajstić information content (AvgIpc) is 2.50. The largest absolute Gasteiger partial charge is 0.137 e. The molecule has 0 aliphatic rings.